The average Bonchev–Trinajstić information content (AvgIpc) is 2.52. The maximum atomic E-state index is 13.1. The van der Waals surface area contributed by atoms with E-state index in [0.717, 1.165) is 17.7 Å². The van der Waals surface area contributed by atoms with Crippen LogP contribution in [0.15, 0.2) is 66.1 Å². The van der Waals surface area contributed by atoms with Gasteiger partial charge in [-0.15, -0.1) is 6.58 Å². The summed E-state index contributed by atoms with van der Waals surface area (Å²) in [5.74, 6) is -0.575. The van der Waals surface area contributed by atoms with Gasteiger partial charge in [0.15, 0.2) is 0 Å². The lowest BCUT2D eigenvalue weighted by atomic mass is 10.1. The Bertz CT molecular complexity index is 778. The van der Waals surface area contributed by atoms with Gasteiger partial charge in [0.1, 0.15) is 10.7 Å². The zero-order valence-electron chi connectivity index (χ0n) is 12.5. The molecule has 0 aliphatic carbocycles. The van der Waals surface area contributed by atoms with E-state index in [1.54, 1.807) is 0 Å². The average molecular weight is 354 g/mol. The molecule has 3 nitrogen and oxygen atoms in total. The van der Waals surface area contributed by atoms with Gasteiger partial charge in [-0.2, -0.15) is 4.31 Å². The Morgan fingerprint density at radius 3 is 2.48 bits per heavy atom. The van der Waals surface area contributed by atoms with E-state index in [2.05, 4.69) is 6.58 Å². The second-order valence-corrected chi connectivity index (χ2v) is 7.28. The first kappa shape index (κ1) is 17.7. The number of nitrogens with zero attached hydrogens (tertiary/aromatic N) is 1. The Labute approximate surface area is 141 Å². The molecule has 2 aromatic rings. The Morgan fingerprint density at radius 1 is 1.17 bits per heavy atom. The maximum absolute atomic E-state index is 13.1. The van der Waals surface area contributed by atoms with E-state index in [1.165, 1.54) is 16.4 Å². The molecule has 0 unspecified atom stereocenters. The molecule has 23 heavy (non-hydrogen) atoms. The Kier molecular flexibility index (Phi) is 5.93. The standard InChI is InChI=1S/C17H17ClFNO2S/c1-2-11-20(12-10-14-6-4-3-5-7-14)23(21,22)17-9-8-15(19)13-16(17)18/h2-9,13H,1,10-12H2. The van der Waals surface area contributed by atoms with Gasteiger partial charge in [0, 0.05) is 13.1 Å². The molecule has 0 aliphatic heterocycles. The molecule has 2 aromatic carbocycles. The molecule has 0 aromatic heterocycles. The van der Waals surface area contributed by atoms with Crippen molar-refractivity contribution in [3.63, 3.8) is 0 Å². The molecule has 0 atom stereocenters. The van der Waals surface area contributed by atoms with Crippen LogP contribution < -0.4 is 0 Å². The summed E-state index contributed by atoms with van der Waals surface area (Å²) >= 11 is 5.90. The van der Waals surface area contributed by atoms with E-state index in [9.17, 15) is 12.8 Å². The van der Waals surface area contributed by atoms with Gasteiger partial charge in [-0.3, -0.25) is 0 Å². The zero-order valence-corrected chi connectivity index (χ0v) is 14.0. The highest BCUT2D eigenvalue weighted by atomic mass is 35.5. The molecule has 0 aliphatic rings. The van der Waals surface area contributed by atoms with Gasteiger partial charge < -0.3 is 0 Å². The number of benzene rings is 2. The minimum atomic E-state index is -3.82. The second kappa shape index (κ2) is 7.73. The van der Waals surface area contributed by atoms with Crippen LogP contribution in [-0.2, 0) is 16.4 Å². The largest absolute Gasteiger partial charge is 0.244 e. The fraction of sp³-hybridized carbons (Fsp3) is 0.176. The fourth-order valence-corrected chi connectivity index (χ4v) is 4.09. The Balaban J connectivity index is 2.26. The zero-order chi connectivity index (χ0) is 16.9. The third-order valence-corrected chi connectivity index (χ3v) is 5.69. The van der Waals surface area contributed by atoms with Crippen LogP contribution in [-0.4, -0.2) is 25.8 Å². The molecule has 0 saturated heterocycles. The van der Waals surface area contributed by atoms with E-state index in [1.807, 2.05) is 30.3 Å². The Morgan fingerprint density at radius 2 is 1.87 bits per heavy atom. The van der Waals surface area contributed by atoms with Crippen molar-refractivity contribution >= 4 is 21.6 Å². The topological polar surface area (TPSA) is 37.4 Å². The van der Waals surface area contributed by atoms with E-state index < -0.39 is 15.8 Å². The first-order chi connectivity index (χ1) is 10.9. The molecule has 2 rings (SSSR count). The van der Waals surface area contributed by atoms with Gasteiger partial charge in [0.25, 0.3) is 0 Å². The van der Waals surface area contributed by atoms with E-state index >= 15 is 0 Å². The summed E-state index contributed by atoms with van der Waals surface area (Å²) in [7, 11) is -3.82. The van der Waals surface area contributed by atoms with Crippen molar-refractivity contribution in [2.75, 3.05) is 13.1 Å². The third kappa shape index (κ3) is 4.41. The van der Waals surface area contributed by atoms with Crippen LogP contribution in [0.1, 0.15) is 5.56 Å². The van der Waals surface area contributed by atoms with Crippen LogP contribution >= 0.6 is 11.6 Å². The molecule has 0 N–H and O–H groups in total. The van der Waals surface area contributed by atoms with E-state index in [4.69, 9.17) is 11.6 Å². The first-order valence-electron chi connectivity index (χ1n) is 7.05. The van der Waals surface area contributed by atoms with Crippen LogP contribution in [0, 0.1) is 5.82 Å². The van der Waals surface area contributed by atoms with Crippen molar-refractivity contribution < 1.29 is 12.8 Å². The first-order valence-corrected chi connectivity index (χ1v) is 8.87. The monoisotopic (exact) mass is 353 g/mol. The number of rotatable bonds is 7. The van der Waals surface area contributed by atoms with Gasteiger partial charge in [-0.1, -0.05) is 48.0 Å². The molecule has 0 heterocycles. The maximum Gasteiger partial charge on any atom is 0.244 e. The fourth-order valence-electron chi connectivity index (χ4n) is 2.18. The molecular formula is C17H17ClFNO2S. The van der Waals surface area contributed by atoms with Crippen molar-refractivity contribution in [1.82, 2.24) is 4.31 Å². The highest BCUT2D eigenvalue weighted by molar-refractivity contribution is 7.89. The molecule has 0 bridgehead atoms. The Hall–Kier alpha value is -1.69. The molecule has 0 saturated carbocycles. The van der Waals surface area contributed by atoms with Crippen LogP contribution in [0.4, 0.5) is 4.39 Å². The number of hydrogen-bond acceptors (Lipinski definition) is 2. The minimum Gasteiger partial charge on any atom is -0.207 e. The molecule has 0 spiro atoms. The normalized spacial score (nSPS) is 11.6. The minimum absolute atomic E-state index is 0.101. The van der Waals surface area contributed by atoms with Gasteiger partial charge in [0.2, 0.25) is 10.0 Å². The summed E-state index contributed by atoms with van der Waals surface area (Å²) in [6, 6.07) is 12.8. The van der Waals surface area contributed by atoms with Crippen LogP contribution in [0.2, 0.25) is 5.02 Å². The molecule has 0 fully saturated rings. The van der Waals surface area contributed by atoms with Gasteiger partial charge in [0.05, 0.1) is 5.02 Å². The second-order valence-electron chi connectivity index (χ2n) is 4.96. The van der Waals surface area contributed by atoms with Crippen molar-refractivity contribution in [3.05, 3.63) is 77.6 Å². The lowest BCUT2D eigenvalue weighted by Crippen LogP contribution is -2.33. The summed E-state index contributed by atoms with van der Waals surface area (Å²) in [6.07, 6.45) is 2.08. The van der Waals surface area contributed by atoms with Crippen LogP contribution in [0.5, 0.6) is 0 Å². The molecular weight excluding hydrogens is 337 g/mol. The van der Waals surface area contributed by atoms with Gasteiger partial charge >= 0.3 is 0 Å². The van der Waals surface area contributed by atoms with Crippen molar-refractivity contribution in [2.45, 2.75) is 11.3 Å². The lowest BCUT2D eigenvalue weighted by molar-refractivity contribution is 0.445. The van der Waals surface area contributed by atoms with Crippen LogP contribution in [0.3, 0.4) is 0 Å². The predicted molar refractivity (Wildman–Crippen MR) is 90.5 cm³/mol. The van der Waals surface area contributed by atoms with Crippen LogP contribution in [0.25, 0.3) is 0 Å². The van der Waals surface area contributed by atoms with Crippen molar-refractivity contribution in [1.29, 1.82) is 0 Å². The summed E-state index contributed by atoms with van der Waals surface area (Å²) in [4.78, 5) is -0.101. The van der Waals surface area contributed by atoms with E-state index in [0.29, 0.717) is 6.42 Å². The summed E-state index contributed by atoms with van der Waals surface area (Å²) in [5, 5.41) is -0.126. The molecule has 122 valence electrons. The summed E-state index contributed by atoms with van der Waals surface area (Å²) in [5.41, 5.74) is 1.03. The molecule has 0 amide bonds. The van der Waals surface area contributed by atoms with E-state index in [-0.39, 0.29) is 23.0 Å². The predicted octanol–water partition coefficient (Wildman–Crippen LogP) is 3.90. The molecule has 6 heteroatoms. The van der Waals surface area contributed by atoms with Gasteiger partial charge in [-0.25, -0.2) is 12.8 Å². The van der Waals surface area contributed by atoms with Gasteiger partial charge in [-0.05, 0) is 30.2 Å². The smallest absolute Gasteiger partial charge is 0.207 e. The number of hydrogen-bond donors (Lipinski definition) is 0. The highest BCUT2D eigenvalue weighted by Gasteiger charge is 2.25. The molecule has 0 radical (unpaired) electrons. The van der Waals surface area contributed by atoms with Crippen molar-refractivity contribution in [2.24, 2.45) is 0 Å². The van der Waals surface area contributed by atoms with Crippen molar-refractivity contribution in [3.8, 4) is 0 Å². The highest BCUT2D eigenvalue weighted by Crippen LogP contribution is 2.25. The third-order valence-electron chi connectivity index (χ3n) is 3.34. The SMILES string of the molecule is C=CCN(CCc1ccccc1)S(=O)(=O)c1ccc(F)cc1Cl. The lowest BCUT2D eigenvalue weighted by Gasteiger charge is -2.21. The summed E-state index contributed by atoms with van der Waals surface area (Å²) < 4.78 is 39.9. The number of halogens is 2. The quantitative estimate of drug-likeness (QED) is 0.708. The summed E-state index contributed by atoms with van der Waals surface area (Å²) in [6.45, 7) is 4.04. The number of sulfonamides is 1.